The Morgan fingerprint density at radius 2 is 2.00 bits per heavy atom. The lowest BCUT2D eigenvalue weighted by atomic mass is 10.2. The molecule has 5 heteroatoms. The fourth-order valence-electron chi connectivity index (χ4n) is 1.19. The molecular weight excluding hydrogens is 228 g/mol. The van der Waals surface area contributed by atoms with Crippen LogP contribution in [0.15, 0.2) is 0 Å². The van der Waals surface area contributed by atoms with Crippen LogP contribution < -0.4 is 0 Å². The summed E-state index contributed by atoms with van der Waals surface area (Å²) in [5, 5.41) is 8.42. The summed E-state index contributed by atoms with van der Waals surface area (Å²) in [6.07, 6.45) is 2.93. The van der Waals surface area contributed by atoms with Crippen molar-refractivity contribution in [2.75, 3.05) is 18.6 Å². The number of esters is 1. The van der Waals surface area contributed by atoms with Gasteiger partial charge in [0.05, 0.1) is 13.0 Å². The van der Waals surface area contributed by atoms with Gasteiger partial charge in [0.25, 0.3) is 0 Å². The van der Waals surface area contributed by atoms with Gasteiger partial charge in [0.15, 0.2) is 0 Å². The fourth-order valence-corrected chi connectivity index (χ4v) is 2.25. The Bertz CT molecular complexity index is 218. The first-order valence-corrected chi connectivity index (χ1v) is 6.60. The van der Waals surface area contributed by atoms with Gasteiger partial charge in [-0.2, -0.15) is 11.8 Å². The van der Waals surface area contributed by atoms with Gasteiger partial charge in [-0.1, -0.05) is 13.3 Å². The van der Waals surface area contributed by atoms with E-state index in [9.17, 15) is 9.59 Å². The predicted octanol–water partition coefficient (Wildman–Crippen LogP) is 2.17. The standard InChI is InChI=1S/C11H20O4S/c1-9(11(14)15-2)8-16-7-5-3-4-6-10(12)13/h9H,3-8H2,1-2H3,(H,12,13). The summed E-state index contributed by atoms with van der Waals surface area (Å²) in [5.41, 5.74) is 0. The van der Waals surface area contributed by atoms with E-state index in [0.717, 1.165) is 30.8 Å². The highest BCUT2D eigenvalue weighted by atomic mass is 32.2. The molecule has 0 fully saturated rings. The van der Waals surface area contributed by atoms with Crippen molar-refractivity contribution in [3.05, 3.63) is 0 Å². The van der Waals surface area contributed by atoms with Crippen LogP contribution in [0, 0.1) is 5.92 Å². The lowest BCUT2D eigenvalue weighted by molar-refractivity contribution is -0.144. The van der Waals surface area contributed by atoms with Crippen LogP contribution in [0.2, 0.25) is 0 Å². The van der Waals surface area contributed by atoms with Gasteiger partial charge in [-0.05, 0) is 18.6 Å². The number of methoxy groups -OCH3 is 1. The number of unbranched alkanes of at least 4 members (excludes halogenated alkanes) is 2. The highest BCUT2D eigenvalue weighted by Gasteiger charge is 2.12. The van der Waals surface area contributed by atoms with Gasteiger partial charge in [0.2, 0.25) is 0 Å². The highest BCUT2D eigenvalue weighted by molar-refractivity contribution is 7.99. The van der Waals surface area contributed by atoms with E-state index in [1.165, 1.54) is 7.11 Å². The number of carboxylic acids is 1. The van der Waals surface area contributed by atoms with Crippen molar-refractivity contribution in [1.29, 1.82) is 0 Å². The Kier molecular flexibility index (Phi) is 9.09. The van der Waals surface area contributed by atoms with Gasteiger partial charge >= 0.3 is 11.9 Å². The van der Waals surface area contributed by atoms with E-state index >= 15 is 0 Å². The Hall–Kier alpha value is -0.710. The first-order chi connectivity index (χ1) is 7.57. The van der Waals surface area contributed by atoms with Gasteiger partial charge in [0.1, 0.15) is 0 Å². The number of carbonyl (C=O) groups is 2. The highest BCUT2D eigenvalue weighted by Crippen LogP contribution is 2.12. The molecule has 0 aliphatic heterocycles. The molecule has 0 aromatic carbocycles. The SMILES string of the molecule is COC(=O)C(C)CSCCCCCC(=O)O. The van der Waals surface area contributed by atoms with Crippen LogP contribution >= 0.6 is 11.8 Å². The third-order valence-electron chi connectivity index (χ3n) is 2.15. The van der Waals surface area contributed by atoms with Crippen molar-refractivity contribution in [3.8, 4) is 0 Å². The first-order valence-electron chi connectivity index (χ1n) is 5.45. The summed E-state index contributed by atoms with van der Waals surface area (Å²) in [4.78, 5) is 21.3. The molecule has 0 aliphatic rings. The molecule has 0 bridgehead atoms. The van der Waals surface area contributed by atoms with E-state index in [-0.39, 0.29) is 18.3 Å². The van der Waals surface area contributed by atoms with Crippen molar-refractivity contribution in [2.24, 2.45) is 5.92 Å². The summed E-state index contributed by atoms with van der Waals surface area (Å²) < 4.78 is 4.62. The minimum atomic E-state index is -0.730. The van der Waals surface area contributed by atoms with E-state index < -0.39 is 5.97 Å². The number of aliphatic carboxylic acids is 1. The van der Waals surface area contributed by atoms with E-state index in [1.807, 2.05) is 6.92 Å². The van der Waals surface area contributed by atoms with Crippen molar-refractivity contribution in [3.63, 3.8) is 0 Å². The number of carbonyl (C=O) groups excluding carboxylic acids is 1. The first kappa shape index (κ1) is 15.3. The molecule has 0 aromatic heterocycles. The van der Waals surface area contributed by atoms with Crippen molar-refractivity contribution >= 4 is 23.7 Å². The lowest BCUT2D eigenvalue weighted by Crippen LogP contribution is -2.15. The number of ether oxygens (including phenoxy) is 1. The molecule has 1 atom stereocenters. The summed E-state index contributed by atoms with van der Waals surface area (Å²) in [7, 11) is 1.40. The van der Waals surface area contributed by atoms with E-state index in [4.69, 9.17) is 5.11 Å². The Morgan fingerprint density at radius 1 is 1.31 bits per heavy atom. The molecule has 0 aromatic rings. The molecule has 1 N–H and O–H groups in total. The maximum absolute atomic E-state index is 11.1. The van der Waals surface area contributed by atoms with Crippen LogP contribution in [0.1, 0.15) is 32.6 Å². The van der Waals surface area contributed by atoms with Gasteiger partial charge in [0, 0.05) is 12.2 Å². The second-order valence-electron chi connectivity index (χ2n) is 3.70. The van der Waals surface area contributed by atoms with Crippen molar-refractivity contribution in [1.82, 2.24) is 0 Å². The van der Waals surface area contributed by atoms with E-state index in [1.54, 1.807) is 11.8 Å². The maximum Gasteiger partial charge on any atom is 0.309 e. The van der Waals surface area contributed by atoms with Gasteiger partial charge in [-0.15, -0.1) is 0 Å². The van der Waals surface area contributed by atoms with Crippen LogP contribution in [-0.4, -0.2) is 35.7 Å². The van der Waals surface area contributed by atoms with Gasteiger partial charge in [-0.3, -0.25) is 9.59 Å². The Morgan fingerprint density at radius 3 is 2.56 bits per heavy atom. The molecule has 16 heavy (non-hydrogen) atoms. The zero-order chi connectivity index (χ0) is 12.4. The number of hydrogen-bond acceptors (Lipinski definition) is 4. The Balaban J connectivity index is 3.27. The second kappa shape index (κ2) is 9.51. The summed E-state index contributed by atoms with van der Waals surface area (Å²) >= 11 is 1.72. The summed E-state index contributed by atoms with van der Waals surface area (Å²) in [5.74, 6) is 0.784. The minimum Gasteiger partial charge on any atom is -0.481 e. The molecule has 0 radical (unpaired) electrons. The fraction of sp³-hybridized carbons (Fsp3) is 0.818. The molecule has 0 saturated carbocycles. The van der Waals surface area contributed by atoms with Crippen LogP contribution in [0.5, 0.6) is 0 Å². The van der Waals surface area contributed by atoms with Crippen LogP contribution in [-0.2, 0) is 14.3 Å². The van der Waals surface area contributed by atoms with E-state index in [2.05, 4.69) is 4.74 Å². The third kappa shape index (κ3) is 8.59. The number of hydrogen-bond donors (Lipinski definition) is 1. The molecule has 0 heterocycles. The summed E-state index contributed by atoms with van der Waals surface area (Å²) in [6.45, 7) is 1.85. The van der Waals surface area contributed by atoms with Crippen molar-refractivity contribution in [2.45, 2.75) is 32.6 Å². The quantitative estimate of drug-likeness (QED) is 0.500. The molecule has 0 amide bonds. The average molecular weight is 248 g/mol. The van der Waals surface area contributed by atoms with Gasteiger partial charge in [-0.25, -0.2) is 0 Å². The number of thioether (sulfide) groups is 1. The number of rotatable bonds is 9. The monoisotopic (exact) mass is 248 g/mol. The zero-order valence-corrected chi connectivity index (χ0v) is 10.7. The average Bonchev–Trinajstić information content (AvgIpc) is 2.25. The van der Waals surface area contributed by atoms with Crippen LogP contribution in [0.25, 0.3) is 0 Å². The molecule has 0 aliphatic carbocycles. The van der Waals surface area contributed by atoms with E-state index in [0.29, 0.717) is 0 Å². The topological polar surface area (TPSA) is 63.6 Å². The predicted molar refractivity (Wildman–Crippen MR) is 64.6 cm³/mol. The summed E-state index contributed by atoms with van der Waals surface area (Å²) in [6, 6.07) is 0. The second-order valence-corrected chi connectivity index (χ2v) is 4.85. The molecule has 4 nitrogen and oxygen atoms in total. The minimum absolute atomic E-state index is 0.0611. The van der Waals surface area contributed by atoms with Crippen LogP contribution in [0.3, 0.4) is 0 Å². The molecule has 1 unspecified atom stereocenters. The molecule has 94 valence electrons. The largest absolute Gasteiger partial charge is 0.481 e. The zero-order valence-electron chi connectivity index (χ0n) is 9.90. The maximum atomic E-state index is 11.1. The van der Waals surface area contributed by atoms with Gasteiger partial charge < -0.3 is 9.84 Å². The molecule has 0 saturated heterocycles. The molecule has 0 spiro atoms. The molecule has 0 rings (SSSR count). The molecular formula is C11H20O4S. The lowest BCUT2D eigenvalue weighted by Gasteiger charge is -2.08. The Labute approximate surface area is 101 Å². The third-order valence-corrected chi connectivity index (χ3v) is 3.46. The number of carboxylic acid groups (broad SMARTS) is 1. The van der Waals surface area contributed by atoms with Crippen LogP contribution in [0.4, 0.5) is 0 Å². The smallest absolute Gasteiger partial charge is 0.309 e. The van der Waals surface area contributed by atoms with Crippen molar-refractivity contribution < 1.29 is 19.4 Å². The normalized spacial score (nSPS) is 12.1.